The third-order valence-electron chi connectivity index (χ3n) is 5.54. The Labute approximate surface area is 206 Å². The molecular formula is C26H23N3O5S. The van der Waals surface area contributed by atoms with Crippen molar-refractivity contribution in [2.45, 2.75) is 19.3 Å². The highest BCUT2D eigenvalue weighted by Gasteiger charge is 2.29. The molecule has 1 heterocycles. The summed E-state index contributed by atoms with van der Waals surface area (Å²) in [7, 11) is 0. The van der Waals surface area contributed by atoms with Crippen LogP contribution in [0.15, 0.2) is 48.5 Å². The van der Waals surface area contributed by atoms with Crippen LogP contribution in [0.4, 0.5) is 4.79 Å². The van der Waals surface area contributed by atoms with Crippen LogP contribution in [0.25, 0.3) is 11.1 Å². The zero-order valence-electron chi connectivity index (χ0n) is 19.0. The number of benzene rings is 2. The maximum Gasteiger partial charge on any atom is 0.407 e. The van der Waals surface area contributed by atoms with Gasteiger partial charge in [-0.2, -0.15) is 0 Å². The molecule has 0 bridgehead atoms. The highest BCUT2D eigenvalue weighted by Crippen LogP contribution is 2.44. The number of amides is 2. The van der Waals surface area contributed by atoms with Crippen molar-refractivity contribution in [1.82, 2.24) is 15.6 Å². The normalized spacial score (nSPS) is 11.6. The quantitative estimate of drug-likeness (QED) is 0.438. The van der Waals surface area contributed by atoms with Gasteiger partial charge in [-0.15, -0.1) is 11.3 Å². The lowest BCUT2D eigenvalue weighted by Crippen LogP contribution is -2.28. The van der Waals surface area contributed by atoms with Gasteiger partial charge in [0.15, 0.2) is 0 Å². The minimum Gasteiger partial charge on any atom is -0.472 e. The van der Waals surface area contributed by atoms with E-state index in [1.807, 2.05) is 30.2 Å². The van der Waals surface area contributed by atoms with Gasteiger partial charge in [0.05, 0.1) is 11.6 Å². The molecular weight excluding hydrogens is 466 g/mol. The molecule has 0 radical (unpaired) electrons. The molecule has 0 saturated heterocycles. The third kappa shape index (κ3) is 5.67. The van der Waals surface area contributed by atoms with Crippen LogP contribution in [0.2, 0.25) is 0 Å². The first-order valence-electron chi connectivity index (χ1n) is 11.0. The molecule has 0 fully saturated rings. The first kappa shape index (κ1) is 24.0. The number of alkyl carbamates (subject to hydrolysis) is 1. The number of carboxylic acid groups (broad SMARTS) is 1. The molecule has 0 unspecified atom stereocenters. The first-order valence-corrected chi connectivity index (χ1v) is 11.8. The van der Waals surface area contributed by atoms with Crippen molar-refractivity contribution in [1.29, 1.82) is 0 Å². The minimum atomic E-state index is -1.25. The molecule has 0 spiro atoms. The fraction of sp³-hybridized carbons (Fsp3) is 0.231. The van der Waals surface area contributed by atoms with Gasteiger partial charge < -0.3 is 20.5 Å². The number of aromatic nitrogens is 1. The second-order valence-corrected chi connectivity index (χ2v) is 9.09. The van der Waals surface area contributed by atoms with E-state index in [1.165, 1.54) is 22.5 Å². The maximum atomic E-state index is 12.3. The van der Waals surface area contributed by atoms with E-state index in [-0.39, 0.29) is 24.8 Å². The van der Waals surface area contributed by atoms with E-state index in [1.54, 1.807) is 6.92 Å². The Kier molecular flexibility index (Phi) is 7.43. The SMILES string of the molecule is Cc1sc(CCNC(=O)OCC2c3ccccc3-c3ccccc32)nc1C(=O)NCC#CC(=O)O. The highest BCUT2D eigenvalue weighted by molar-refractivity contribution is 7.11. The molecule has 0 aliphatic heterocycles. The Bertz CT molecular complexity index is 1290. The molecule has 1 aliphatic carbocycles. The number of carboxylic acids is 1. The molecule has 2 aromatic carbocycles. The smallest absolute Gasteiger partial charge is 0.407 e. The molecule has 8 nitrogen and oxygen atoms in total. The van der Waals surface area contributed by atoms with Crippen molar-refractivity contribution in [3.05, 3.63) is 75.2 Å². The standard InChI is InChI=1S/C26H23N3O5S/c1-16-24(25(32)27-13-6-11-23(30)31)29-22(35-16)12-14-28-26(33)34-15-21-19-9-4-2-7-17(19)18-8-3-5-10-20(18)21/h2-5,7-10,21H,12-15H2,1H3,(H,27,32)(H,28,33)(H,30,31). The number of hydrogen-bond acceptors (Lipinski definition) is 6. The molecule has 4 rings (SSSR count). The van der Waals surface area contributed by atoms with Crippen LogP contribution in [0, 0.1) is 18.8 Å². The summed E-state index contributed by atoms with van der Waals surface area (Å²) in [5.74, 6) is 2.58. The van der Waals surface area contributed by atoms with Gasteiger partial charge in [0, 0.05) is 29.7 Å². The van der Waals surface area contributed by atoms with Crippen molar-refractivity contribution in [2.75, 3.05) is 19.7 Å². The second-order valence-electron chi connectivity index (χ2n) is 7.80. The number of thiazole rings is 1. The number of fused-ring (bicyclic) bond motifs is 3. The maximum absolute atomic E-state index is 12.3. The summed E-state index contributed by atoms with van der Waals surface area (Å²) in [5.41, 5.74) is 4.91. The minimum absolute atomic E-state index is 0.00368. The Hall–Kier alpha value is -4.16. The molecule has 35 heavy (non-hydrogen) atoms. The van der Waals surface area contributed by atoms with E-state index in [4.69, 9.17) is 9.84 Å². The number of nitrogens with one attached hydrogen (secondary N) is 2. The van der Waals surface area contributed by atoms with Gasteiger partial charge in [0.1, 0.15) is 12.3 Å². The van der Waals surface area contributed by atoms with Crippen molar-refractivity contribution >= 4 is 29.3 Å². The van der Waals surface area contributed by atoms with E-state index >= 15 is 0 Å². The molecule has 0 atom stereocenters. The Morgan fingerprint density at radius 1 is 1.06 bits per heavy atom. The lowest BCUT2D eigenvalue weighted by Gasteiger charge is -2.14. The van der Waals surface area contributed by atoms with E-state index in [2.05, 4.69) is 45.8 Å². The summed E-state index contributed by atoms with van der Waals surface area (Å²) in [6, 6.07) is 16.3. The summed E-state index contributed by atoms with van der Waals surface area (Å²) in [6.07, 6.45) is -0.0583. The van der Waals surface area contributed by atoms with Crippen LogP contribution >= 0.6 is 11.3 Å². The predicted molar refractivity (Wildman–Crippen MR) is 131 cm³/mol. The van der Waals surface area contributed by atoms with Crippen molar-refractivity contribution < 1.29 is 24.2 Å². The van der Waals surface area contributed by atoms with Crippen LogP contribution in [0.1, 0.15) is 37.4 Å². The fourth-order valence-corrected chi connectivity index (χ4v) is 4.95. The number of carbonyl (C=O) groups excluding carboxylic acids is 2. The molecule has 1 aromatic heterocycles. The molecule has 3 N–H and O–H groups in total. The van der Waals surface area contributed by atoms with Crippen LogP contribution in [0.5, 0.6) is 0 Å². The number of nitrogens with zero attached hydrogens (tertiary/aromatic N) is 1. The number of carbonyl (C=O) groups is 3. The first-order chi connectivity index (χ1) is 16.9. The van der Waals surface area contributed by atoms with Gasteiger partial charge in [-0.05, 0) is 29.2 Å². The van der Waals surface area contributed by atoms with E-state index in [0.717, 1.165) is 16.0 Å². The largest absolute Gasteiger partial charge is 0.472 e. The summed E-state index contributed by atoms with van der Waals surface area (Å²) in [6.45, 7) is 2.25. The van der Waals surface area contributed by atoms with Crippen molar-refractivity contribution in [3.63, 3.8) is 0 Å². The lowest BCUT2D eigenvalue weighted by atomic mass is 9.98. The van der Waals surface area contributed by atoms with Gasteiger partial charge in [0.25, 0.3) is 5.91 Å². The number of ether oxygens (including phenoxy) is 1. The number of aliphatic carboxylic acids is 1. The average Bonchev–Trinajstić information content (AvgIpc) is 3.38. The summed E-state index contributed by atoms with van der Waals surface area (Å²) in [5, 5.41) is 14.5. The van der Waals surface area contributed by atoms with Crippen molar-refractivity contribution in [2.24, 2.45) is 0 Å². The Morgan fingerprint density at radius 2 is 1.71 bits per heavy atom. The van der Waals surface area contributed by atoms with E-state index in [0.29, 0.717) is 18.0 Å². The monoisotopic (exact) mass is 489 g/mol. The number of rotatable bonds is 7. The van der Waals surface area contributed by atoms with Gasteiger partial charge in [-0.25, -0.2) is 14.6 Å². The summed E-state index contributed by atoms with van der Waals surface area (Å²) in [4.78, 5) is 40.0. The Balaban J connectivity index is 1.26. The van der Waals surface area contributed by atoms with E-state index in [9.17, 15) is 14.4 Å². The number of aryl methyl sites for hydroxylation is 1. The fourth-order valence-electron chi connectivity index (χ4n) is 4.02. The van der Waals surface area contributed by atoms with Crippen LogP contribution in [-0.2, 0) is 16.0 Å². The number of hydrogen-bond donors (Lipinski definition) is 3. The second kappa shape index (κ2) is 10.8. The molecule has 2 amide bonds. The zero-order chi connectivity index (χ0) is 24.8. The van der Waals surface area contributed by atoms with Gasteiger partial charge in [-0.1, -0.05) is 54.5 Å². The van der Waals surface area contributed by atoms with Crippen molar-refractivity contribution in [3.8, 4) is 23.0 Å². The molecule has 3 aromatic rings. The third-order valence-corrected chi connectivity index (χ3v) is 6.57. The zero-order valence-corrected chi connectivity index (χ0v) is 19.8. The average molecular weight is 490 g/mol. The van der Waals surface area contributed by atoms with Crippen LogP contribution in [-0.4, -0.2) is 47.8 Å². The molecule has 178 valence electrons. The predicted octanol–water partition coefficient (Wildman–Crippen LogP) is 3.35. The highest BCUT2D eigenvalue weighted by atomic mass is 32.1. The van der Waals surface area contributed by atoms with E-state index < -0.39 is 18.0 Å². The van der Waals surface area contributed by atoms with Gasteiger partial charge in [0.2, 0.25) is 0 Å². The lowest BCUT2D eigenvalue weighted by molar-refractivity contribution is -0.130. The molecule has 9 heteroatoms. The molecule has 1 aliphatic rings. The Morgan fingerprint density at radius 3 is 2.37 bits per heavy atom. The topological polar surface area (TPSA) is 118 Å². The van der Waals surface area contributed by atoms with Crippen LogP contribution < -0.4 is 10.6 Å². The van der Waals surface area contributed by atoms with Gasteiger partial charge >= 0.3 is 12.1 Å². The van der Waals surface area contributed by atoms with Gasteiger partial charge in [-0.3, -0.25) is 4.79 Å². The molecule has 0 saturated carbocycles. The summed E-state index contributed by atoms with van der Waals surface area (Å²) < 4.78 is 5.53. The summed E-state index contributed by atoms with van der Waals surface area (Å²) >= 11 is 1.36. The van der Waals surface area contributed by atoms with Crippen LogP contribution in [0.3, 0.4) is 0 Å².